The van der Waals surface area contributed by atoms with Crippen LogP contribution in [-0.4, -0.2) is 61.0 Å². The van der Waals surface area contributed by atoms with Crippen LogP contribution in [0.3, 0.4) is 0 Å². The summed E-state index contributed by atoms with van der Waals surface area (Å²) in [5, 5.41) is 11.0. The molecule has 5 N–H and O–H groups in total. The zero-order valence-electron chi connectivity index (χ0n) is 30.2. The molecule has 0 radical (unpaired) electrons. The van der Waals surface area contributed by atoms with Crippen LogP contribution in [0.2, 0.25) is 0 Å². The second-order valence-corrected chi connectivity index (χ2v) is 17.4. The monoisotopic (exact) mass is 658 g/mol. The largest absolute Gasteiger partial charge is 0.481 e. The number of unbranched alkanes of at least 4 members (excludes halogenated alkanes) is 1. The Morgan fingerprint density at radius 3 is 2.34 bits per heavy atom. The summed E-state index contributed by atoms with van der Waals surface area (Å²) in [5.41, 5.74) is 11.3. The fraction of sp³-hybridized carbons (Fsp3) is 0.868. The summed E-state index contributed by atoms with van der Waals surface area (Å²) < 4.78 is 18.8. The zero-order valence-corrected chi connectivity index (χ0v) is 30.2. The normalized spacial score (nSPS) is 43.8. The molecule has 4 aliphatic carbocycles. The molecule has 0 amide bonds. The van der Waals surface area contributed by atoms with Gasteiger partial charge in [0.2, 0.25) is 0 Å². The van der Waals surface area contributed by atoms with E-state index < -0.39 is 58.3 Å². The molecular weight excluding hydrogens is 596 g/mol. The molecule has 9 heteroatoms. The van der Waals surface area contributed by atoms with Crippen molar-refractivity contribution in [1.82, 2.24) is 0 Å². The lowest BCUT2D eigenvalue weighted by molar-refractivity contribution is -0.263. The predicted octanol–water partition coefficient (Wildman–Crippen LogP) is 5.87. The third-order valence-corrected chi connectivity index (χ3v) is 14.9. The molecular formula is C38H62N2O7. The van der Waals surface area contributed by atoms with Gasteiger partial charge in [0.1, 0.15) is 18.2 Å². The molecule has 5 aliphatic rings. The van der Waals surface area contributed by atoms with Crippen molar-refractivity contribution in [3.8, 4) is 0 Å². The van der Waals surface area contributed by atoms with Crippen molar-refractivity contribution < 1.29 is 33.7 Å². The molecule has 0 aromatic rings. The summed E-state index contributed by atoms with van der Waals surface area (Å²) in [4.78, 5) is 39.3. The molecule has 1 heterocycles. The standard InChI is InChI=1S/C38H62N2O7/c1-22(2)23(3)34(5)16-17-36(7)25-12-13-29-35(6)20-45-21-38(29,26(25)14-15-37(36,8)30(34)32(42)43)19-28(46-24(4)41)31(35)47-33(44)27(40)11-9-10-18-39/h14,22-23,25,27-31H,9-13,15-21,39-40H2,1-8H3,(H,42,43)/t23?,25-,27?,28+,29-,30+,31-,34+,35+,36+,37-,38+/m0/s1. The van der Waals surface area contributed by atoms with Gasteiger partial charge in [0.25, 0.3) is 0 Å². The van der Waals surface area contributed by atoms with Gasteiger partial charge in [-0.1, -0.05) is 66.5 Å². The predicted molar refractivity (Wildman–Crippen MR) is 180 cm³/mol. The Bertz CT molecular complexity index is 1270. The highest BCUT2D eigenvalue weighted by atomic mass is 16.6. The van der Waals surface area contributed by atoms with Gasteiger partial charge >= 0.3 is 17.9 Å². The number of aliphatic carboxylic acids is 1. The highest BCUT2D eigenvalue weighted by Crippen LogP contribution is 2.75. The van der Waals surface area contributed by atoms with E-state index in [1.165, 1.54) is 12.5 Å². The van der Waals surface area contributed by atoms with Crippen LogP contribution in [0.4, 0.5) is 0 Å². The number of ether oxygens (including phenoxy) is 3. The number of carbonyl (C=O) groups excluding carboxylic acids is 2. The summed E-state index contributed by atoms with van der Waals surface area (Å²) in [5.74, 6) is -1.01. The first-order valence-electron chi connectivity index (χ1n) is 18.3. The van der Waals surface area contributed by atoms with Crippen molar-refractivity contribution >= 4 is 17.9 Å². The molecule has 0 spiro atoms. The van der Waals surface area contributed by atoms with Gasteiger partial charge in [0, 0.05) is 17.8 Å². The Morgan fingerprint density at radius 2 is 1.72 bits per heavy atom. The molecule has 5 rings (SSSR count). The van der Waals surface area contributed by atoms with E-state index in [0.29, 0.717) is 44.9 Å². The molecule has 1 aliphatic heterocycles. The SMILES string of the molecule is CC(=O)O[C@@H]1C[C@]23COC[C@](C)([C@@H]2CC[C@H]2C3=CC[C@@]3(C)[C@H](C(=O)O)[C@@](C)(C(C)C(C)C)CC[C@]23C)[C@H]1OC(=O)C(N)CCCCN. The van der Waals surface area contributed by atoms with Crippen molar-refractivity contribution in [3.63, 3.8) is 0 Å². The Kier molecular flexibility index (Phi) is 9.83. The maximum atomic E-state index is 13.4. The Labute approximate surface area is 282 Å². The minimum atomic E-state index is -0.772. The summed E-state index contributed by atoms with van der Waals surface area (Å²) in [6, 6.07) is -0.772. The van der Waals surface area contributed by atoms with Crippen LogP contribution in [0.15, 0.2) is 11.6 Å². The minimum absolute atomic E-state index is 0.155. The van der Waals surface area contributed by atoms with Crippen LogP contribution in [0, 0.1) is 56.7 Å². The minimum Gasteiger partial charge on any atom is -0.481 e. The first kappa shape index (κ1) is 36.3. The number of fused-ring (bicyclic) bond motifs is 3. The molecule has 0 aromatic heterocycles. The molecule has 0 aromatic carbocycles. The van der Waals surface area contributed by atoms with Crippen LogP contribution in [0.25, 0.3) is 0 Å². The number of carboxylic acids is 1. The average molecular weight is 659 g/mol. The van der Waals surface area contributed by atoms with Crippen LogP contribution >= 0.6 is 0 Å². The first-order chi connectivity index (χ1) is 21.9. The molecule has 2 unspecified atom stereocenters. The third-order valence-electron chi connectivity index (χ3n) is 14.9. The van der Waals surface area contributed by atoms with Crippen molar-refractivity contribution in [1.29, 1.82) is 0 Å². The molecule has 3 saturated carbocycles. The number of nitrogens with two attached hydrogens (primary N) is 2. The second-order valence-electron chi connectivity index (χ2n) is 17.4. The van der Waals surface area contributed by atoms with Crippen molar-refractivity contribution in [2.45, 2.75) is 131 Å². The van der Waals surface area contributed by atoms with Gasteiger partial charge < -0.3 is 30.8 Å². The Hall–Kier alpha value is -1.97. The van der Waals surface area contributed by atoms with E-state index in [4.69, 9.17) is 25.7 Å². The quantitative estimate of drug-likeness (QED) is 0.149. The van der Waals surface area contributed by atoms with Crippen LogP contribution < -0.4 is 11.5 Å². The van der Waals surface area contributed by atoms with E-state index in [0.717, 1.165) is 38.5 Å². The molecule has 1 saturated heterocycles. The maximum Gasteiger partial charge on any atom is 0.323 e. The van der Waals surface area contributed by atoms with E-state index in [1.807, 2.05) is 0 Å². The van der Waals surface area contributed by atoms with Gasteiger partial charge in [-0.05, 0) is 97.8 Å². The van der Waals surface area contributed by atoms with E-state index in [2.05, 4.69) is 54.5 Å². The molecule has 2 bridgehead atoms. The zero-order chi connectivity index (χ0) is 34.7. The lowest BCUT2D eigenvalue weighted by Gasteiger charge is -2.71. The second kappa shape index (κ2) is 12.7. The van der Waals surface area contributed by atoms with Crippen LogP contribution in [0.5, 0.6) is 0 Å². The van der Waals surface area contributed by atoms with E-state index >= 15 is 0 Å². The summed E-state index contributed by atoms with van der Waals surface area (Å²) in [7, 11) is 0. The molecule has 12 atom stereocenters. The average Bonchev–Trinajstić information content (AvgIpc) is 2.98. The molecule has 266 valence electrons. The molecule has 47 heavy (non-hydrogen) atoms. The fourth-order valence-corrected chi connectivity index (χ4v) is 11.9. The molecule has 4 fully saturated rings. The van der Waals surface area contributed by atoms with Crippen LogP contribution in [0.1, 0.15) is 113 Å². The van der Waals surface area contributed by atoms with Gasteiger partial charge in [-0.25, -0.2) is 0 Å². The highest BCUT2D eigenvalue weighted by molar-refractivity contribution is 5.76. The van der Waals surface area contributed by atoms with Crippen LogP contribution in [-0.2, 0) is 28.6 Å². The first-order valence-corrected chi connectivity index (χ1v) is 18.3. The Morgan fingerprint density at radius 1 is 1.02 bits per heavy atom. The number of esters is 2. The highest BCUT2D eigenvalue weighted by Gasteiger charge is 2.72. The molecule has 9 nitrogen and oxygen atoms in total. The van der Waals surface area contributed by atoms with Crippen molar-refractivity contribution in [2.24, 2.45) is 68.1 Å². The third kappa shape index (κ3) is 5.49. The number of carboxylic acid groups (broad SMARTS) is 1. The van der Waals surface area contributed by atoms with E-state index in [9.17, 15) is 19.5 Å². The fourth-order valence-electron chi connectivity index (χ4n) is 11.9. The van der Waals surface area contributed by atoms with Gasteiger partial charge in [0.15, 0.2) is 0 Å². The summed E-state index contributed by atoms with van der Waals surface area (Å²) >= 11 is 0. The lowest BCUT2D eigenvalue weighted by Crippen LogP contribution is -2.70. The van der Waals surface area contributed by atoms with E-state index in [1.54, 1.807) is 0 Å². The smallest absolute Gasteiger partial charge is 0.323 e. The van der Waals surface area contributed by atoms with E-state index in [-0.39, 0.29) is 28.6 Å². The van der Waals surface area contributed by atoms with Gasteiger partial charge in [0.05, 0.1) is 19.1 Å². The van der Waals surface area contributed by atoms with Gasteiger partial charge in [-0.15, -0.1) is 0 Å². The number of allylic oxidation sites excluding steroid dienone is 1. The summed E-state index contributed by atoms with van der Waals surface area (Å²) in [6.45, 7) is 18.5. The van der Waals surface area contributed by atoms with Crippen molar-refractivity contribution in [3.05, 3.63) is 11.6 Å². The van der Waals surface area contributed by atoms with Gasteiger partial charge in [-0.2, -0.15) is 0 Å². The number of hydrogen-bond acceptors (Lipinski definition) is 8. The van der Waals surface area contributed by atoms with Gasteiger partial charge in [-0.3, -0.25) is 14.4 Å². The number of hydrogen-bond donors (Lipinski definition) is 3. The van der Waals surface area contributed by atoms with Crippen molar-refractivity contribution in [2.75, 3.05) is 19.8 Å². The Balaban J connectivity index is 1.54. The topological polar surface area (TPSA) is 151 Å². The number of rotatable bonds is 10. The maximum absolute atomic E-state index is 13.4. The lowest BCUT2D eigenvalue weighted by atomic mass is 9.34. The summed E-state index contributed by atoms with van der Waals surface area (Å²) in [6.07, 6.45) is 7.97. The number of carbonyl (C=O) groups is 3.